The Kier molecular flexibility index (Phi) is 5.86. The number of nitrogens with zero attached hydrogens (tertiary/aromatic N) is 2. The van der Waals surface area contributed by atoms with E-state index in [2.05, 4.69) is 16.4 Å². The lowest BCUT2D eigenvalue weighted by molar-refractivity contribution is -0.158. The van der Waals surface area contributed by atoms with Crippen LogP contribution < -0.4 is 11.1 Å². The third kappa shape index (κ3) is 3.89. The number of hydrogen-bond acceptors (Lipinski definition) is 5. The number of aromatic nitrogens is 1. The lowest BCUT2D eigenvalue weighted by Crippen LogP contribution is -2.66. The third-order valence-corrected chi connectivity index (χ3v) is 6.89. The number of nitriles is 1. The van der Waals surface area contributed by atoms with Crippen LogP contribution in [0.1, 0.15) is 31.5 Å². The number of halogens is 2. The summed E-state index contributed by atoms with van der Waals surface area (Å²) in [7, 11) is 0. The number of ether oxygens (including phenoxy) is 1. The number of cyclic esters (lactones) is 1. The van der Waals surface area contributed by atoms with E-state index < -0.39 is 53.7 Å². The Morgan fingerprint density at radius 3 is 2.68 bits per heavy atom. The first-order valence-corrected chi connectivity index (χ1v) is 10.9. The van der Waals surface area contributed by atoms with Crippen molar-refractivity contribution in [1.29, 1.82) is 5.26 Å². The summed E-state index contributed by atoms with van der Waals surface area (Å²) in [5.41, 5.74) is 5.88. The average molecular weight is 466 g/mol. The van der Waals surface area contributed by atoms with Crippen molar-refractivity contribution >= 4 is 18.1 Å². The van der Waals surface area contributed by atoms with Crippen molar-refractivity contribution in [3.05, 3.63) is 59.9 Å². The molecule has 5 atom stereocenters. The predicted octanol–water partition coefficient (Wildman–Crippen LogP) is 3.89. The number of benzene rings is 1. The van der Waals surface area contributed by atoms with Gasteiger partial charge in [0.05, 0.1) is 17.3 Å². The van der Waals surface area contributed by atoms with Crippen molar-refractivity contribution in [2.75, 3.05) is 0 Å². The fourth-order valence-electron chi connectivity index (χ4n) is 5.23. The first-order valence-electron chi connectivity index (χ1n) is 10.9. The van der Waals surface area contributed by atoms with Crippen LogP contribution in [0.25, 0.3) is 17.2 Å². The molecule has 0 radical (unpaired) electrons. The zero-order chi connectivity index (χ0) is 24.7. The van der Waals surface area contributed by atoms with Gasteiger partial charge in [0.25, 0.3) is 5.92 Å². The molecule has 1 saturated carbocycles. The van der Waals surface area contributed by atoms with Gasteiger partial charge in [-0.1, -0.05) is 37.3 Å². The van der Waals surface area contributed by atoms with Crippen molar-refractivity contribution < 1.29 is 23.1 Å². The summed E-state index contributed by atoms with van der Waals surface area (Å²) in [5, 5.41) is 11.6. The second-order valence-electron chi connectivity index (χ2n) is 8.89. The smallest absolute Gasteiger partial charge is 0.332 e. The number of primary amides is 1. The molecule has 176 valence electrons. The van der Waals surface area contributed by atoms with Crippen LogP contribution in [0, 0.1) is 29.1 Å². The Bertz CT molecular complexity index is 1190. The number of alkyl halides is 2. The van der Waals surface area contributed by atoms with E-state index in [9.17, 15) is 14.9 Å². The van der Waals surface area contributed by atoms with Crippen molar-refractivity contribution in [1.82, 2.24) is 10.3 Å². The molecule has 3 unspecified atom stereocenters. The van der Waals surface area contributed by atoms with Gasteiger partial charge in [-0.15, -0.1) is 0 Å². The van der Waals surface area contributed by atoms with Crippen LogP contribution >= 0.6 is 0 Å². The molecule has 2 aliphatic rings. The number of hydrogen-bond donors (Lipinski definition) is 2. The number of rotatable bonds is 4. The first-order chi connectivity index (χ1) is 16.1. The lowest BCUT2D eigenvalue weighted by atomic mass is 9.60. The zero-order valence-electron chi connectivity index (χ0n) is 18.7. The maximum absolute atomic E-state index is 15.0. The fraction of sp³-hybridized carbons (Fsp3) is 0.360. The molecule has 0 spiro atoms. The van der Waals surface area contributed by atoms with Gasteiger partial charge in [-0.25, -0.2) is 18.4 Å². The number of fused-ring (bicyclic) bond motifs is 1. The van der Waals surface area contributed by atoms with E-state index in [0.29, 0.717) is 11.3 Å². The number of urea groups is 1. The van der Waals surface area contributed by atoms with E-state index in [-0.39, 0.29) is 0 Å². The lowest BCUT2D eigenvalue weighted by Gasteiger charge is -2.47. The Morgan fingerprint density at radius 2 is 2.03 bits per heavy atom. The Morgan fingerprint density at radius 1 is 1.29 bits per heavy atom. The quantitative estimate of drug-likeness (QED) is 0.663. The molecule has 1 aliphatic heterocycles. The van der Waals surface area contributed by atoms with Crippen LogP contribution in [0.5, 0.6) is 0 Å². The minimum Gasteiger partial charge on any atom is -0.460 e. The van der Waals surface area contributed by atoms with E-state index in [1.54, 1.807) is 49.5 Å². The third-order valence-electron chi connectivity index (χ3n) is 6.89. The molecule has 2 fully saturated rings. The van der Waals surface area contributed by atoms with Crippen molar-refractivity contribution in [3.8, 4) is 17.2 Å². The molecule has 3 N–H and O–H groups in total. The number of nitrogens with two attached hydrogens (primary N) is 1. The highest BCUT2D eigenvalue weighted by Crippen LogP contribution is 2.54. The number of nitrogens with one attached hydrogen (secondary N) is 1. The Labute approximate surface area is 195 Å². The fourth-order valence-corrected chi connectivity index (χ4v) is 5.23. The van der Waals surface area contributed by atoms with Crippen LogP contribution in [0.4, 0.5) is 13.6 Å². The van der Waals surface area contributed by atoms with Gasteiger partial charge in [0.2, 0.25) is 0 Å². The number of pyridine rings is 1. The van der Waals surface area contributed by atoms with Gasteiger partial charge in [-0.2, -0.15) is 5.26 Å². The van der Waals surface area contributed by atoms with Gasteiger partial charge < -0.3 is 15.8 Å². The van der Waals surface area contributed by atoms with Crippen LogP contribution in [-0.2, 0) is 9.53 Å². The number of carbonyl (C=O) groups excluding carboxylic acids is 2. The van der Waals surface area contributed by atoms with Gasteiger partial charge in [-0.3, -0.25) is 4.98 Å². The van der Waals surface area contributed by atoms with Crippen LogP contribution in [0.2, 0.25) is 0 Å². The molecular weight excluding hydrogens is 442 g/mol. The highest BCUT2D eigenvalue weighted by atomic mass is 19.3. The molecule has 1 aliphatic carbocycles. The van der Waals surface area contributed by atoms with Crippen molar-refractivity contribution in [3.63, 3.8) is 0 Å². The largest absolute Gasteiger partial charge is 0.460 e. The maximum Gasteiger partial charge on any atom is 0.332 e. The van der Waals surface area contributed by atoms with E-state index in [0.717, 1.165) is 11.1 Å². The molecule has 1 saturated heterocycles. The Balaban J connectivity index is 1.66. The summed E-state index contributed by atoms with van der Waals surface area (Å²) in [5.74, 6) is -6.77. The first kappa shape index (κ1) is 23.4. The zero-order valence-corrected chi connectivity index (χ0v) is 18.7. The second-order valence-corrected chi connectivity index (χ2v) is 8.89. The molecule has 2 aromatic rings. The molecule has 34 heavy (non-hydrogen) atoms. The van der Waals surface area contributed by atoms with Gasteiger partial charge in [-0.05, 0) is 31.1 Å². The van der Waals surface area contributed by atoms with E-state index in [1.807, 2.05) is 12.1 Å². The van der Waals surface area contributed by atoms with Crippen LogP contribution in [0.3, 0.4) is 0 Å². The number of allylic oxidation sites excluding steroid dienone is 1. The average Bonchev–Trinajstić information content (AvgIpc) is 3.02. The molecule has 9 heteroatoms. The minimum absolute atomic E-state index is 0.518. The van der Waals surface area contributed by atoms with Crippen LogP contribution in [0.15, 0.2) is 48.7 Å². The van der Waals surface area contributed by atoms with Gasteiger partial charge in [0, 0.05) is 35.6 Å². The van der Waals surface area contributed by atoms with Gasteiger partial charge in [0.15, 0.2) is 5.54 Å². The monoisotopic (exact) mass is 466 g/mol. The SMILES string of the molecule is CC1[C@H](/C=C/c2ccc(-c3ccccc3C#N)cn2)C2[C@@H](C)OC(=O)C2(NC(N)=O)CC1(F)F. The van der Waals surface area contributed by atoms with E-state index >= 15 is 8.78 Å². The van der Waals surface area contributed by atoms with Gasteiger partial charge >= 0.3 is 12.0 Å². The molecule has 1 aromatic heterocycles. The van der Waals surface area contributed by atoms with Gasteiger partial charge in [0.1, 0.15) is 6.10 Å². The second kappa shape index (κ2) is 8.52. The molecule has 1 aromatic carbocycles. The molecule has 2 amide bonds. The summed E-state index contributed by atoms with van der Waals surface area (Å²) >= 11 is 0. The topological polar surface area (TPSA) is 118 Å². The summed E-state index contributed by atoms with van der Waals surface area (Å²) in [4.78, 5) is 28.7. The summed E-state index contributed by atoms with van der Waals surface area (Å²) in [6, 6.07) is 11.7. The highest BCUT2D eigenvalue weighted by molar-refractivity contribution is 5.89. The summed E-state index contributed by atoms with van der Waals surface area (Å²) in [6.07, 6.45) is 3.27. The van der Waals surface area contributed by atoms with Crippen molar-refractivity contribution in [2.45, 2.75) is 37.8 Å². The van der Waals surface area contributed by atoms with Crippen molar-refractivity contribution in [2.24, 2.45) is 23.5 Å². The molecular formula is C25H24F2N4O3. The number of carbonyl (C=O) groups is 2. The van der Waals surface area contributed by atoms with Crippen LogP contribution in [-0.4, -0.2) is 34.5 Å². The summed E-state index contributed by atoms with van der Waals surface area (Å²) < 4.78 is 35.4. The Hall–Kier alpha value is -3.80. The normalized spacial score (nSPS) is 29.8. The minimum atomic E-state index is -3.24. The van der Waals surface area contributed by atoms with E-state index in [4.69, 9.17) is 10.5 Å². The van der Waals surface area contributed by atoms with E-state index in [1.165, 1.54) is 6.92 Å². The predicted molar refractivity (Wildman–Crippen MR) is 120 cm³/mol. The summed E-state index contributed by atoms with van der Waals surface area (Å²) in [6.45, 7) is 3.05. The number of amides is 2. The standard InChI is InChI=1S/C25H24F2N4O3/c1-14-19(21-15(2)34-22(32)24(21,31-23(29)33)13-25(14,26)27)10-9-18-8-7-17(12-30-18)20-6-4-3-5-16(20)11-28/h3-10,12,14-15,19,21H,13H2,1-2H3,(H3,29,31,33)/b10-9+/t14?,15-,19+,21?,24?/m1/s1. The maximum atomic E-state index is 15.0. The molecule has 0 bridgehead atoms. The molecule has 4 rings (SSSR count). The molecule has 7 nitrogen and oxygen atoms in total. The number of esters is 1. The highest BCUT2D eigenvalue weighted by Gasteiger charge is 2.68. The molecule has 2 heterocycles.